The van der Waals surface area contributed by atoms with E-state index in [1.807, 2.05) is 0 Å². The molecular formula is C6H12ClNO2. The molecule has 0 aromatic carbocycles. The Kier molecular flexibility index (Phi) is 8.00. The van der Waals surface area contributed by atoms with E-state index in [4.69, 9.17) is 10.8 Å². The van der Waals surface area contributed by atoms with E-state index in [0.717, 1.165) is 0 Å². The summed E-state index contributed by atoms with van der Waals surface area (Å²) in [5.74, 6) is -0.927. The first-order valence-corrected chi connectivity index (χ1v) is 2.79. The van der Waals surface area contributed by atoms with Crippen LogP contribution < -0.4 is 5.73 Å². The van der Waals surface area contributed by atoms with Gasteiger partial charge in [-0.1, -0.05) is 6.58 Å². The monoisotopic (exact) mass is 165 g/mol. The third kappa shape index (κ3) is 5.59. The van der Waals surface area contributed by atoms with Crippen LogP contribution in [-0.4, -0.2) is 17.6 Å². The summed E-state index contributed by atoms with van der Waals surface area (Å²) < 4.78 is 0. The number of carboxylic acids is 1. The predicted octanol–water partition coefficient (Wildman–Crippen LogP) is 0.788. The Morgan fingerprint density at radius 1 is 1.60 bits per heavy atom. The maximum absolute atomic E-state index is 10.1. The van der Waals surface area contributed by atoms with Crippen LogP contribution in [0.5, 0.6) is 0 Å². The molecule has 0 rings (SSSR count). The zero-order valence-electron chi connectivity index (χ0n) is 5.67. The van der Waals surface area contributed by atoms with Crippen LogP contribution >= 0.6 is 12.4 Å². The highest BCUT2D eigenvalue weighted by atomic mass is 35.5. The predicted molar refractivity (Wildman–Crippen MR) is 42.3 cm³/mol. The van der Waals surface area contributed by atoms with Gasteiger partial charge >= 0.3 is 5.97 Å². The smallest absolute Gasteiger partial charge is 0.330 e. The van der Waals surface area contributed by atoms with Crippen molar-refractivity contribution in [3.63, 3.8) is 0 Å². The van der Waals surface area contributed by atoms with Crippen LogP contribution in [0.2, 0.25) is 0 Å². The zero-order chi connectivity index (χ0) is 7.28. The van der Waals surface area contributed by atoms with Crippen LogP contribution in [0.4, 0.5) is 0 Å². The van der Waals surface area contributed by atoms with Crippen molar-refractivity contribution in [2.75, 3.05) is 6.54 Å². The van der Waals surface area contributed by atoms with Gasteiger partial charge in [0, 0.05) is 5.57 Å². The van der Waals surface area contributed by atoms with Gasteiger partial charge in [-0.2, -0.15) is 0 Å². The van der Waals surface area contributed by atoms with Gasteiger partial charge in [0.15, 0.2) is 0 Å². The third-order valence-electron chi connectivity index (χ3n) is 0.985. The molecule has 0 aliphatic carbocycles. The molecule has 0 aliphatic heterocycles. The van der Waals surface area contributed by atoms with E-state index in [0.29, 0.717) is 19.4 Å². The van der Waals surface area contributed by atoms with Crippen molar-refractivity contribution in [2.45, 2.75) is 12.8 Å². The summed E-state index contributed by atoms with van der Waals surface area (Å²) >= 11 is 0. The molecule has 0 bridgehead atoms. The molecule has 0 amide bonds. The fourth-order valence-electron chi connectivity index (χ4n) is 0.422. The van der Waals surface area contributed by atoms with Crippen molar-refractivity contribution in [3.05, 3.63) is 12.2 Å². The van der Waals surface area contributed by atoms with Crippen molar-refractivity contribution in [1.82, 2.24) is 0 Å². The Bertz CT molecular complexity index is 125. The van der Waals surface area contributed by atoms with Crippen LogP contribution in [0.15, 0.2) is 12.2 Å². The second-order valence-corrected chi connectivity index (χ2v) is 1.80. The number of halogens is 1. The maximum atomic E-state index is 10.1. The average molecular weight is 166 g/mol. The lowest BCUT2D eigenvalue weighted by molar-refractivity contribution is -0.132. The van der Waals surface area contributed by atoms with Gasteiger partial charge in [-0.05, 0) is 19.4 Å². The normalized spacial score (nSPS) is 8.10. The molecule has 0 saturated carbocycles. The van der Waals surface area contributed by atoms with Gasteiger partial charge in [0.2, 0.25) is 0 Å². The second kappa shape index (κ2) is 6.58. The highest BCUT2D eigenvalue weighted by Gasteiger charge is 2.00. The average Bonchev–Trinajstić information content (AvgIpc) is 1.82. The molecule has 4 heteroatoms. The summed E-state index contributed by atoms with van der Waals surface area (Å²) in [6.45, 7) is 3.86. The van der Waals surface area contributed by atoms with Crippen LogP contribution in [0.25, 0.3) is 0 Å². The number of aliphatic carboxylic acids is 1. The summed E-state index contributed by atoms with van der Waals surface area (Å²) in [6, 6.07) is 0. The quantitative estimate of drug-likeness (QED) is 0.606. The lowest BCUT2D eigenvalue weighted by atomic mass is 10.2. The first kappa shape index (κ1) is 12.2. The topological polar surface area (TPSA) is 63.3 Å². The SMILES string of the molecule is C=C(CCCN)C(=O)O.Cl. The van der Waals surface area contributed by atoms with Gasteiger partial charge in [0.25, 0.3) is 0 Å². The molecule has 0 saturated heterocycles. The van der Waals surface area contributed by atoms with E-state index in [1.54, 1.807) is 0 Å². The minimum Gasteiger partial charge on any atom is -0.478 e. The molecule has 0 aromatic heterocycles. The first-order valence-electron chi connectivity index (χ1n) is 2.79. The van der Waals surface area contributed by atoms with Crippen molar-refractivity contribution >= 4 is 18.4 Å². The molecule has 0 fully saturated rings. The summed E-state index contributed by atoms with van der Waals surface area (Å²) in [4.78, 5) is 10.1. The van der Waals surface area contributed by atoms with Crippen molar-refractivity contribution in [3.8, 4) is 0 Å². The number of nitrogens with two attached hydrogens (primary N) is 1. The first-order chi connectivity index (χ1) is 4.18. The fraction of sp³-hybridized carbons (Fsp3) is 0.500. The number of hydrogen-bond donors (Lipinski definition) is 2. The van der Waals surface area contributed by atoms with Crippen LogP contribution in [0, 0.1) is 0 Å². The standard InChI is InChI=1S/C6H11NO2.ClH/c1-5(6(8)9)3-2-4-7;/h1-4,7H2,(H,8,9);1H. The molecule has 60 valence electrons. The molecule has 0 unspecified atom stereocenters. The molecule has 0 spiro atoms. The van der Waals surface area contributed by atoms with Crippen LogP contribution in [0.1, 0.15) is 12.8 Å². The van der Waals surface area contributed by atoms with Crippen LogP contribution in [-0.2, 0) is 4.79 Å². The largest absolute Gasteiger partial charge is 0.478 e. The summed E-state index contributed by atoms with van der Waals surface area (Å²) in [6.07, 6.45) is 1.19. The molecule has 10 heavy (non-hydrogen) atoms. The third-order valence-corrected chi connectivity index (χ3v) is 0.985. The number of hydrogen-bond acceptors (Lipinski definition) is 2. The van der Waals surface area contributed by atoms with E-state index in [2.05, 4.69) is 6.58 Å². The van der Waals surface area contributed by atoms with E-state index in [-0.39, 0.29) is 18.0 Å². The Hall–Kier alpha value is -0.540. The van der Waals surface area contributed by atoms with E-state index in [9.17, 15) is 4.79 Å². The summed E-state index contributed by atoms with van der Waals surface area (Å²) in [7, 11) is 0. The van der Waals surface area contributed by atoms with Crippen molar-refractivity contribution < 1.29 is 9.90 Å². The molecule has 0 heterocycles. The second-order valence-electron chi connectivity index (χ2n) is 1.80. The molecule has 3 nitrogen and oxygen atoms in total. The van der Waals surface area contributed by atoms with Gasteiger partial charge in [-0.15, -0.1) is 12.4 Å². The molecular weight excluding hydrogens is 154 g/mol. The van der Waals surface area contributed by atoms with Gasteiger partial charge in [0.05, 0.1) is 0 Å². The highest BCUT2D eigenvalue weighted by molar-refractivity contribution is 5.85. The number of rotatable bonds is 4. The van der Waals surface area contributed by atoms with Gasteiger partial charge < -0.3 is 10.8 Å². The minimum atomic E-state index is -0.927. The lowest BCUT2D eigenvalue weighted by Gasteiger charge is -1.95. The molecule has 0 atom stereocenters. The van der Waals surface area contributed by atoms with Gasteiger partial charge in [0.1, 0.15) is 0 Å². The van der Waals surface area contributed by atoms with Crippen molar-refractivity contribution in [2.24, 2.45) is 5.73 Å². The van der Waals surface area contributed by atoms with E-state index in [1.165, 1.54) is 0 Å². The minimum absolute atomic E-state index is 0. The fourth-order valence-corrected chi connectivity index (χ4v) is 0.422. The Balaban J connectivity index is 0. The van der Waals surface area contributed by atoms with Gasteiger partial charge in [-0.25, -0.2) is 4.79 Å². The number of carboxylic acid groups (broad SMARTS) is 1. The number of carbonyl (C=O) groups is 1. The Morgan fingerprint density at radius 2 is 2.10 bits per heavy atom. The Labute approximate surface area is 66.3 Å². The zero-order valence-corrected chi connectivity index (χ0v) is 6.49. The van der Waals surface area contributed by atoms with E-state index >= 15 is 0 Å². The summed E-state index contributed by atoms with van der Waals surface area (Å²) in [5.41, 5.74) is 5.38. The molecule has 0 aromatic rings. The highest BCUT2D eigenvalue weighted by Crippen LogP contribution is 1.99. The van der Waals surface area contributed by atoms with Gasteiger partial charge in [-0.3, -0.25) is 0 Å². The van der Waals surface area contributed by atoms with Crippen LogP contribution in [0.3, 0.4) is 0 Å². The molecule has 0 aliphatic rings. The van der Waals surface area contributed by atoms with Crippen molar-refractivity contribution in [1.29, 1.82) is 0 Å². The lowest BCUT2D eigenvalue weighted by Crippen LogP contribution is -2.03. The molecule has 3 N–H and O–H groups in total. The Morgan fingerprint density at radius 3 is 2.40 bits per heavy atom. The van der Waals surface area contributed by atoms with E-state index < -0.39 is 5.97 Å². The maximum Gasteiger partial charge on any atom is 0.330 e. The summed E-state index contributed by atoms with van der Waals surface area (Å²) in [5, 5.41) is 8.27. The molecule has 0 radical (unpaired) electrons.